The first-order chi connectivity index (χ1) is 14.6. The highest BCUT2D eigenvalue weighted by atomic mass is 31.3. The van der Waals surface area contributed by atoms with Gasteiger partial charge in [-0.25, -0.2) is 28.6 Å². The molecule has 3 heterocycles. The number of rotatable bonds is 8. The summed E-state index contributed by atoms with van der Waals surface area (Å²) in [6.07, 6.45) is 7.50. The number of terminal acetylenes is 1. The Hall–Kier alpha value is -1.72. The molecule has 0 amide bonds. The number of fused-ring (bicyclic) bond motifs is 1. The number of anilines is 1. The predicted molar refractivity (Wildman–Crippen MR) is 105 cm³/mol. The number of nitrogens with two attached hydrogens (primary N) is 1. The molecule has 5 atom stereocenters. The van der Waals surface area contributed by atoms with Crippen molar-refractivity contribution in [2.24, 2.45) is 5.92 Å². The van der Waals surface area contributed by atoms with Crippen LogP contribution in [0.4, 0.5) is 5.82 Å². The van der Waals surface area contributed by atoms with E-state index in [1.54, 1.807) is 0 Å². The fourth-order valence-corrected chi connectivity index (χ4v) is 6.18. The predicted octanol–water partition coefficient (Wildman–Crippen LogP) is 0.679. The van der Waals surface area contributed by atoms with Gasteiger partial charge in [0.2, 0.25) is 0 Å². The summed E-state index contributed by atoms with van der Waals surface area (Å²) in [5.41, 5.74) is 5.13. The Labute approximate surface area is 180 Å². The van der Waals surface area contributed by atoms with Gasteiger partial charge < -0.3 is 30.0 Å². The summed E-state index contributed by atoms with van der Waals surface area (Å²) in [4.78, 5) is 48.1. The lowest BCUT2D eigenvalue weighted by molar-refractivity contribution is -0.0867. The van der Waals surface area contributed by atoms with Crippen LogP contribution in [0.5, 0.6) is 0 Å². The Kier molecular flexibility index (Phi) is 6.67. The zero-order valence-electron chi connectivity index (χ0n) is 16.2. The smallest absolute Gasteiger partial charge is 0.382 e. The number of ether oxygens (including phenoxy) is 1. The summed E-state index contributed by atoms with van der Waals surface area (Å²) in [6.45, 7) is 0.833. The van der Waals surface area contributed by atoms with Gasteiger partial charge in [0.05, 0.1) is 24.5 Å². The largest absolute Gasteiger partial charge is 0.490 e. The molecule has 0 aliphatic carbocycles. The molecule has 0 radical (unpaired) electrons. The summed E-state index contributed by atoms with van der Waals surface area (Å²) < 4.78 is 53.6. The molecular weight excluding hydrogens is 495 g/mol. The molecule has 1 aliphatic heterocycles. The van der Waals surface area contributed by atoms with Gasteiger partial charge in [-0.3, -0.25) is 9.09 Å². The molecule has 1 saturated heterocycles. The second-order valence-corrected chi connectivity index (χ2v) is 11.3. The molecule has 3 rings (SSSR count). The summed E-state index contributed by atoms with van der Waals surface area (Å²) in [5.74, 6) is 2.11. The second kappa shape index (κ2) is 8.57. The van der Waals surface area contributed by atoms with Gasteiger partial charge in [-0.1, -0.05) is 5.92 Å². The summed E-state index contributed by atoms with van der Waals surface area (Å²) in [5, 5.41) is 0. The number of aromatic nitrogens is 4. The van der Waals surface area contributed by atoms with E-state index in [0.717, 1.165) is 0 Å². The van der Waals surface area contributed by atoms with Gasteiger partial charge in [-0.15, -0.1) is 6.42 Å². The lowest BCUT2D eigenvalue weighted by Gasteiger charge is -2.26. The van der Waals surface area contributed by atoms with E-state index >= 15 is 0 Å². The average molecular weight is 513 g/mol. The summed E-state index contributed by atoms with van der Waals surface area (Å²) in [7, 11) is -16.5. The van der Waals surface area contributed by atoms with Crippen LogP contribution in [-0.2, 0) is 31.6 Å². The number of imidazole rings is 1. The van der Waals surface area contributed by atoms with Crippen LogP contribution in [0.2, 0.25) is 0 Å². The van der Waals surface area contributed by atoms with E-state index < -0.39 is 47.8 Å². The molecule has 1 aliphatic rings. The zero-order valence-corrected chi connectivity index (χ0v) is 18.8. The maximum Gasteiger partial charge on any atom is 0.490 e. The fraction of sp³-hybridized carbons (Fsp3) is 0.462. The van der Waals surface area contributed by atoms with E-state index in [1.165, 1.54) is 24.1 Å². The molecule has 32 heavy (non-hydrogen) atoms. The standard InChI is InChI=1S/C13H18N5O11P3/c1-3-8-4-13(2,5-26-31(22,23)29-32(24,25)28-30(19,20)21)27-12(8)18-7-17-9-10(14)15-6-16-11(9)18/h1,6-8,12H,4-5H2,2H3,(H,22,23)(H,24,25)(H2,14,15,16)(H2,19,20,21)/t8-,12+,13-/m0/s1. The molecule has 0 saturated carbocycles. The van der Waals surface area contributed by atoms with Crippen molar-refractivity contribution in [3.63, 3.8) is 0 Å². The topological polar surface area (TPSA) is 239 Å². The molecule has 19 heteroatoms. The van der Waals surface area contributed by atoms with Crippen LogP contribution in [-0.4, -0.2) is 51.3 Å². The summed E-state index contributed by atoms with van der Waals surface area (Å²) in [6, 6.07) is 0. The average Bonchev–Trinajstić information content (AvgIpc) is 3.19. The number of phosphoric acid groups is 3. The minimum atomic E-state index is -5.63. The highest BCUT2D eigenvalue weighted by Crippen LogP contribution is 2.66. The van der Waals surface area contributed by atoms with Crippen LogP contribution in [0.3, 0.4) is 0 Å². The number of nitrogen functional groups attached to an aromatic ring is 1. The van der Waals surface area contributed by atoms with E-state index in [1.807, 2.05) is 0 Å². The maximum absolute atomic E-state index is 12.0. The molecule has 0 aromatic carbocycles. The fourth-order valence-electron chi connectivity index (χ4n) is 3.05. The van der Waals surface area contributed by atoms with Crippen molar-refractivity contribution in [2.45, 2.75) is 25.2 Å². The van der Waals surface area contributed by atoms with E-state index in [0.29, 0.717) is 11.2 Å². The molecule has 1 fully saturated rings. The van der Waals surface area contributed by atoms with Gasteiger partial charge in [-0.2, -0.15) is 8.62 Å². The molecule has 0 bridgehead atoms. The molecule has 2 aromatic heterocycles. The normalized spacial score (nSPS) is 27.6. The van der Waals surface area contributed by atoms with Crippen LogP contribution < -0.4 is 5.73 Å². The molecule has 2 unspecified atom stereocenters. The Balaban J connectivity index is 1.74. The van der Waals surface area contributed by atoms with Gasteiger partial charge in [0.25, 0.3) is 0 Å². The Morgan fingerprint density at radius 3 is 2.56 bits per heavy atom. The minimum absolute atomic E-state index is 0.115. The number of phosphoric ester groups is 1. The third-order valence-electron chi connectivity index (χ3n) is 4.23. The lowest BCUT2D eigenvalue weighted by Crippen LogP contribution is -2.30. The summed E-state index contributed by atoms with van der Waals surface area (Å²) >= 11 is 0. The number of hydrogen-bond acceptors (Lipinski definition) is 11. The third-order valence-corrected chi connectivity index (χ3v) is 8.01. The molecule has 2 aromatic rings. The van der Waals surface area contributed by atoms with Crippen molar-refractivity contribution in [1.29, 1.82) is 0 Å². The van der Waals surface area contributed by atoms with Crippen LogP contribution >= 0.6 is 23.5 Å². The van der Waals surface area contributed by atoms with Crippen LogP contribution in [0, 0.1) is 18.3 Å². The van der Waals surface area contributed by atoms with Crippen LogP contribution in [0.1, 0.15) is 19.6 Å². The Morgan fingerprint density at radius 1 is 1.25 bits per heavy atom. The first-order valence-electron chi connectivity index (χ1n) is 8.49. The first-order valence-corrected chi connectivity index (χ1v) is 13.0. The second-order valence-electron chi connectivity index (χ2n) is 6.88. The Morgan fingerprint density at radius 2 is 1.94 bits per heavy atom. The van der Waals surface area contributed by atoms with Crippen molar-refractivity contribution in [1.82, 2.24) is 19.5 Å². The maximum atomic E-state index is 12.0. The lowest BCUT2D eigenvalue weighted by atomic mass is 9.96. The van der Waals surface area contributed by atoms with E-state index in [4.69, 9.17) is 31.2 Å². The molecule has 176 valence electrons. The highest BCUT2D eigenvalue weighted by molar-refractivity contribution is 7.66. The van der Waals surface area contributed by atoms with Gasteiger partial charge in [0.15, 0.2) is 17.7 Å². The Bertz CT molecular complexity index is 1210. The van der Waals surface area contributed by atoms with Crippen molar-refractivity contribution >= 4 is 40.4 Å². The quantitative estimate of drug-likeness (QED) is 0.241. The molecule has 6 N–H and O–H groups in total. The van der Waals surface area contributed by atoms with Gasteiger partial charge in [0, 0.05) is 0 Å². The van der Waals surface area contributed by atoms with Crippen LogP contribution in [0.15, 0.2) is 12.7 Å². The SMILES string of the molecule is C#C[C@H]1C[C@@](C)(COP(=O)(O)OP(=O)(O)OP(=O)(O)O)O[C@H]1n1cnc2c(N)ncnc21. The van der Waals surface area contributed by atoms with Crippen molar-refractivity contribution < 1.29 is 51.2 Å². The number of nitrogens with zero attached hydrogens (tertiary/aromatic N) is 4. The van der Waals surface area contributed by atoms with Crippen molar-refractivity contribution in [2.75, 3.05) is 12.3 Å². The van der Waals surface area contributed by atoms with E-state index in [9.17, 15) is 23.5 Å². The van der Waals surface area contributed by atoms with E-state index in [2.05, 4.69) is 29.5 Å². The van der Waals surface area contributed by atoms with E-state index in [-0.39, 0.29) is 12.2 Å². The van der Waals surface area contributed by atoms with Crippen LogP contribution in [0.25, 0.3) is 11.2 Å². The third kappa shape index (κ3) is 5.79. The van der Waals surface area contributed by atoms with Gasteiger partial charge >= 0.3 is 23.5 Å². The molecule has 0 spiro atoms. The number of hydrogen-bond donors (Lipinski definition) is 5. The van der Waals surface area contributed by atoms with Crippen molar-refractivity contribution in [3.8, 4) is 12.3 Å². The van der Waals surface area contributed by atoms with Gasteiger partial charge in [-0.05, 0) is 13.3 Å². The monoisotopic (exact) mass is 513 g/mol. The zero-order chi connectivity index (χ0) is 23.9. The highest BCUT2D eigenvalue weighted by Gasteiger charge is 2.47. The molecular formula is C13H18N5O11P3. The minimum Gasteiger partial charge on any atom is -0.382 e. The van der Waals surface area contributed by atoms with Gasteiger partial charge in [0.1, 0.15) is 11.8 Å². The first kappa shape index (κ1) is 24.9. The van der Waals surface area contributed by atoms with Crippen molar-refractivity contribution in [3.05, 3.63) is 12.7 Å². The molecule has 16 nitrogen and oxygen atoms in total.